The van der Waals surface area contributed by atoms with Crippen LogP contribution in [0.1, 0.15) is 36.9 Å². The Hall–Kier alpha value is -1.37. The highest BCUT2D eigenvalue weighted by Gasteiger charge is 2.24. The highest BCUT2D eigenvalue weighted by Crippen LogP contribution is 2.24. The van der Waals surface area contributed by atoms with E-state index in [9.17, 15) is 10.4 Å². The molecule has 0 amide bonds. The van der Waals surface area contributed by atoms with Gasteiger partial charge in [-0.15, -0.1) is 0 Å². The first-order valence-electron chi connectivity index (χ1n) is 6.65. The summed E-state index contributed by atoms with van der Waals surface area (Å²) in [5, 5.41) is 18.9. The number of likely N-dealkylation sites (tertiary alicyclic amines) is 1. The molecule has 1 unspecified atom stereocenters. The van der Waals surface area contributed by atoms with E-state index in [0.717, 1.165) is 37.9 Å². The molecule has 1 aromatic rings. The van der Waals surface area contributed by atoms with E-state index in [0.29, 0.717) is 0 Å². The molecule has 3 nitrogen and oxygen atoms in total. The van der Waals surface area contributed by atoms with Crippen molar-refractivity contribution < 1.29 is 5.11 Å². The Bertz CT molecular complexity index is 413. The third-order valence-corrected chi connectivity index (χ3v) is 3.69. The summed E-state index contributed by atoms with van der Waals surface area (Å²) >= 11 is 0. The summed E-state index contributed by atoms with van der Waals surface area (Å²) in [4.78, 5) is 2.16. The van der Waals surface area contributed by atoms with Crippen LogP contribution in [0.15, 0.2) is 24.3 Å². The molecule has 1 aliphatic rings. The fraction of sp³-hybridized carbons (Fsp3) is 0.533. The minimum absolute atomic E-state index is 0.177. The lowest BCUT2D eigenvalue weighted by Gasteiger charge is -2.32. The number of hydrogen-bond acceptors (Lipinski definition) is 3. The van der Waals surface area contributed by atoms with Gasteiger partial charge in [0.25, 0.3) is 0 Å². The summed E-state index contributed by atoms with van der Waals surface area (Å²) in [7, 11) is 0. The molecule has 96 valence electrons. The number of piperidine rings is 1. The Balaban J connectivity index is 2.10. The number of nitrogens with zero attached hydrogens (tertiary/aromatic N) is 2. The van der Waals surface area contributed by atoms with Gasteiger partial charge in [-0.25, -0.2) is 0 Å². The van der Waals surface area contributed by atoms with E-state index < -0.39 is 0 Å². The molecule has 0 aromatic heterocycles. The summed E-state index contributed by atoms with van der Waals surface area (Å²) in [6.07, 6.45) is 2.37. The van der Waals surface area contributed by atoms with E-state index in [1.807, 2.05) is 0 Å². The second-order valence-electron chi connectivity index (χ2n) is 4.89. The summed E-state index contributed by atoms with van der Waals surface area (Å²) in [5.41, 5.74) is 2.36. The number of aryl methyl sites for hydroxylation is 1. The zero-order valence-electron chi connectivity index (χ0n) is 10.8. The standard InChI is InChI=1S/C15H20N2O/c1-2-12-3-5-13(6-4-12)15(11-16)17-9-7-14(18)8-10-17/h3-6,14-15,18H,2,7-10H2,1H3. The van der Waals surface area contributed by atoms with Gasteiger partial charge < -0.3 is 5.11 Å². The molecule has 0 saturated carbocycles. The number of aliphatic hydroxyl groups excluding tert-OH is 1. The zero-order chi connectivity index (χ0) is 13.0. The van der Waals surface area contributed by atoms with Gasteiger partial charge in [-0.3, -0.25) is 4.90 Å². The fourth-order valence-corrected chi connectivity index (χ4v) is 2.45. The second kappa shape index (κ2) is 5.99. The Kier molecular flexibility index (Phi) is 4.35. The molecule has 1 aromatic carbocycles. The molecule has 3 heteroatoms. The summed E-state index contributed by atoms with van der Waals surface area (Å²) in [6.45, 7) is 3.73. The molecule has 1 fully saturated rings. The van der Waals surface area contributed by atoms with Gasteiger partial charge >= 0.3 is 0 Å². The van der Waals surface area contributed by atoms with Crippen LogP contribution in [-0.4, -0.2) is 29.2 Å². The maximum absolute atomic E-state index is 9.51. The van der Waals surface area contributed by atoms with E-state index in [1.54, 1.807) is 0 Å². The predicted molar refractivity (Wildman–Crippen MR) is 71.0 cm³/mol. The van der Waals surface area contributed by atoms with Crippen LogP contribution in [-0.2, 0) is 6.42 Å². The van der Waals surface area contributed by atoms with E-state index in [1.165, 1.54) is 5.56 Å². The van der Waals surface area contributed by atoms with Crippen molar-refractivity contribution in [2.24, 2.45) is 0 Å². The van der Waals surface area contributed by atoms with E-state index in [4.69, 9.17) is 0 Å². The smallest absolute Gasteiger partial charge is 0.123 e. The van der Waals surface area contributed by atoms with Gasteiger partial charge in [0.1, 0.15) is 6.04 Å². The monoisotopic (exact) mass is 244 g/mol. The third-order valence-electron chi connectivity index (χ3n) is 3.69. The molecule has 1 heterocycles. The molecule has 1 aliphatic heterocycles. The van der Waals surface area contributed by atoms with Crippen molar-refractivity contribution in [1.82, 2.24) is 4.90 Å². The maximum Gasteiger partial charge on any atom is 0.123 e. The molecular formula is C15H20N2O. The van der Waals surface area contributed by atoms with Crippen molar-refractivity contribution in [2.45, 2.75) is 38.3 Å². The van der Waals surface area contributed by atoms with Crippen molar-refractivity contribution in [1.29, 1.82) is 5.26 Å². The molecule has 1 atom stereocenters. The first-order valence-corrected chi connectivity index (χ1v) is 6.65. The van der Waals surface area contributed by atoms with Crippen molar-refractivity contribution in [3.8, 4) is 6.07 Å². The maximum atomic E-state index is 9.51. The van der Waals surface area contributed by atoms with Crippen molar-refractivity contribution in [3.05, 3.63) is 35.4 Å². The quantitative estimate of drug-likeness (QED) is 0.887. The minimum Gasteiger partial charge on any atom is -0.393 e. The molecule has 2 rings (SSSR count). The third kappa shape index (κ3) is 2.90. The number of benzene rings is 1. The van der Waals surface area contributed by atoms with Crippen LogP contribution in [0.2, 0.25) is 0 Å². The van der Waals surface area contributed by atoms with Crippen LogP contribution in [0.3, 0.4) is 0 Å². The summed E-state index contributed by atoms with van der Waals surface area (Å²) in [5.74, 6) is 0. The lowest BCUT2D eigenvalue weighted by atomic mass is 10.00. The first-order chi connectivity index (χ1) is 8.74. The molecular weight excluding hydrogens is 224 g/mol. The molecule has 1 saturated heterocycles. The molecule has 1 N–H and O–H groups in total. The molecule has 0 aliphatic carbocycles. The van der Waals surface area contributed by atoms with Crippen molar-refractivity contribution >= 4 is 0 Å². The van der Waals surface area contributed by atoms with Crippen molar-refractivity contribution in [2.75, 3.05) is 13.1 Å². The number of nitriles is 1. The molecule has 0 spiro atoms. The van der Waals surface area contributed by atoms with E-state index in [2.05, 4.69) is 42.2 Å². The van der Waals surface area contributed by atoms with Crippen molar-refractivity contribution in [3.63, 3.8) is 0 Å². The van der Waals surface area contributed by atoms with E-state index in [-0.39, 0.29) is 12.1 Å². The van der Waals surface area contributed by atoms with Gasteiger partial charge in [0.15, 0.2) is 0 Å². The minimum atomic E-state index is -0.192. The Morgan fingerprint density at radius 2 is 1.94 bits per heavy atom. The van der Waals surface area contributed by atoms with E-state index >= 15 is 0 Å². The van der Waals surface area contributed by atoms with Gasteiger partial charge in [0.05, 0.1) is 12.2 Å². The highest BCUT2D eigenvalue weighted by molar-refractivity contribution is 5.28. The lowest BCUT2D eigenvalue weighted by molar-refractivity contribution is 0.0716. The van der Waals surface area contributed by atoms with Crippen LogP contribution >= 0.6 is 0 Å². The van der Waals surface area contributed by atoms with Gasteiger partial charge in [-0.05, 0) is 30.4 Å². The Morgan fingerprint density at radius 1 is 1.33 bits per heavy atom. The van der Waals surface area contributed by atoms with Crippen LogP contribution in [0, 0.1) is 11.3 Å². The van der Waals surface area contributed by atoms with Gasteiger partial charge in [0.2, 0.25) is 0 Å². The highest BCUT2D eigenvalue weighted by atomic mass is 16.3. The van der Waals surface area contributed by atoms with Crippen LogP contribution < -0.4 is 0 Å². The van der Waals surface area contributed by atoms with Gasteiger partial charge in [0, 0.05) is 13.1 Å². The predicted octanol–water partition coefficient (Wildman–Crippen LogP) is 2.27. The second-order valence-corrected chi connectivity index (χ2v) is 4.89. The zero-order valence-corrected chi connectivity index (χ0v) is 10.8. The number of aliphatic hydroxyl groups is 1. The Labute approximate surface area is 109 Å². The molecule has 18 heavy (non-hydrogen) atoms. The number of hydrogen-bond donors (Lipinski definition) is 1. The molecule has 0 bridgehead atoms. The van der Waals surface area contributed by atoms with Crippen LogP contribution in [0.4, 0.5) is 0 Å². The normalized spacial score (nSPS) is 19.4. The lowest BCUT2D eigenvalue weighted by Crippen LogP contribution is -2.38. The van der Waals surface area contributed by atoms with Gasteiger partial charge in [-0.2, -0.15) is 5.26 Å². The summed E-state index contributed by atoms with van der Waals surface area (Å²) < 4.78 is 0. The largest absolute Gasteiger partial charge is 0.393 e. The average molecular weight is 244 g/mol. The molecule has 0 radical (unpaired) electrons. The summed E-state index contributed by atoms with van der Waals surface area (Å²) in [6, 6.07) is 10.5. The van der Waals surface area contributed by atoms with Crippen LogP contribution in [0.25, 0.3) is 0 Å². The SMILES string of the molecule is CCc1ccc(C(C#N)N2CCC(O)CC2)cc1. The fourth-order valence-electron chi connectivity index (χ4n) is 2.45. The number of rotatable bonds is 3. The first kappa shape index (κ1) is 13.1. The topological polar surface area (TPSA) is 47.3 Å². The van der Waals surface area contributed by atoms with Crippen LogP contribution in [0.5, 0.6) is 0 Å². The van der Waals surface area contributed by atoms with Gasteiger partial charge in [-0.1, -0.05) is 31.2 Å². The average Bonchev–Trinajstić information content (AvgIpc) is 2.42. The Morgan fingerprint density at radius 3 is 2.44 bits per heavy atom.